The van der Waals surface area contributed by atoms with E-state index >= 15 is 4.79 Å². The van der Waals surface area contributed by atoms with Gasteiger partial charge in [0.05, 0.1) is 18.2 Å². The maximum atomic E-state index is 15.8. The molecule has 4 aliphatic rings. The number of carbonyl (C=O) groups is 3. The molecule has 0 bridgehead atoms. The number of allylic oxidation sites excluding steroid dienone is 2. The molecule has 380 valence electrons. The number of cyclic esters (lactones) is 2. The van der Waals surface area contributed by atoms with E-state index in [0.717, 1.165) is 62.2 Å². The summed E-state index contributed by atoms with van der Waals surface area (Å²) in [6, 6.07) is 12.7. The minimum absolute atomic E-state index is 0.00146. The van der Waals surface area contributed by atoms with Gasteiger partial charge in [-0.1, -0.05) is 139 Å². The van der Waals surface area contributed by atoms with E-state index in [1.807, 2.05) is 30.3 Å². The van der Waals surface area contributed by atoms with Gasteiger partial charge in [0.25, 0.3) is 0 Å². The molecule has 2 aliphatic heterocycles. The van der Waals surface area contributed by atoms with Crippen LogP contribution >= 0.6 is 0 Å². The smallest absolute Gasteiger partial charge is 0.416 e. The topological polar surface area (TPSA) is 101 Å². The highest BCUT2D eigenvalue weighted by Gasteiger charge is 2.55. The number of ether oxygens (including phenoxy) is 2. The molecule has 0 aromatic heterocycles. The lowest BCUT2D eigenvalue weighted by molar-refractivity contribution is -0.153. The van der Waals surface area contributed by atoms with Crippen molar-refractivity contribution in [2.24, 2.45) is 35.5 Å². The number of hydrogen-bond donors (Lipinski definition) is 0. The molecule has 2 amide bonds. The van der Waals surface area contributed by atoms with E-state index in [-0.39, 0.29) is 83.9 Å². The van der Waals surface area contributed by atoms with Gasteiger partial charge in [-0.05, 0) is 133 Å². The van der Waals surface area contributed by atoms with Gasteiger partial charge in [0.1, 0.15) is 12.7 Å². The molecule has 2 aliphatic carbocycles. The molecule has 2 heterocycles. The molecule has 1 aromatic carbocycles. The van der Waals surface area contributed by atoms with Crippen LogP contribution in [0.25, 0.3) is 0 Å². The van der Waals surface area contributed by atoms with Gasteiger partial charge in [-0.3, -0.25) is 9.59 Å². The zero-order valence-electron chi connectivity index (χ0n) is 45.0. The van der Waals surface area contributed by atoms with Crippen molar-refractivity contribution in [1.29, 1.82) is 0 Å². The third-order valence-electron chi connectivity index (χ3n) is 18.0. The Labute approximate surface area is 411 Å². The Morgan fingerprint density at radius 2 is 1.45 bits per heavy atom. The number of benzene rings is 1. The third kappa shape index (κ3) is 12.7. The van der Waals surface area contributed by atoms with Crippen LogP contribution < -0.4 is 0 Å². The lowest BCUT2D eigenvalue weighted by atomic mass is 9.65. The minimum Gasteiger partial charge on any atom is -0.462 e. The lowest BCUT2D eigenvalue weighted by Crippen LogP contribution is -2.54. The van der Waals surface area contributed by atoms with Crippen molar-refractivity contribution in [2.45, 2.75) is 238 Å². The number of nitrogens with zero attached hydrogens (tertiary/aromatic N) is 1. The number of amides is 2. The van der Waals surface area contributed by atoms with Crippen molar-refractivity contribution in [1.82, 2.24) is 4.90 Å². The normalized spacial score (nSPS) is 30.6. The summed E-state index contributed by atoms with van der Waals surface area (Å²) in [5.74, 6) is -1.48. The first-order valence-electron chi connectivity index (χ1n) is 26.9. The Bertz CT molecular complexity index is 1760. The van der Waals surface area contributed by atoms with Crippen LogP contribution in [0.3, 0.4) is 0 Å². The summed E-state index contributed by atoms with van der Waals surface area (Å²) < 4.78 is 35.0. The van der Waals surface area contributed by atoms with E-state index in [2.05, 4.69) is 122 Å². The van der Waals surface area contributed by atoms with Crippen LogP contribution in [-0.4, -0.2) is 84.9 Å². The predicted octanol–water partition coefficient (Wildman–Crippen LogP) is 14.3. The molecule has 3 fully saturated rings. The van der Waals surface area contributed by atoms with Gasteiger partial charge in [0.2, 0.25) is 14.2 Å². The quantitative estimate of drug-likeness (QED) is 0.0864. The average molecular weight is 983 g/mol. The zero-order chi connectivity index (χ0) is 49.6. The zero-order valence-corrected chi connectivity index (χ0v) is 48.0. The average Bonchev–Trinajstić information content (AvgIpc) is 3.85. The molecular formula is C55H95NO8Si3. The second-order valence-electron chi connectivity index (χ2n) is 23.8. The van der Waals surface area contributed by atoms with Crippen molar-refractivity contribution < 1.29 is 37.1 Å². The second kappa shape index (κ2) is 23.4. The van der Waals surface area contributed by atoms with Crippen molar-refractivity contribution in [2.75, 3.05) is 6.61 Å². The maximum Gasteiger partial charge on any atom is 0.416 e. The van der Waals surface area contributed by atoms with Gasteiger partial charge in [0.15, 0.2) is 16.6 Å². The molecule has 9 nitrogen and oxygen atoms in total. The Kier molecular flexibility index (Phi) is 19.5. The highest BCUT2D eigenvalue weighted by atomic mass is 28.4. The monoisotopic (exact) mass is 982 g/mol. The first-order valence-corrected chi connectivity index (χ1v) is 34.5. The van der Waals surface area contributed by atoms with E-state index in [0.29, 0.717) is 29.5 Å². The van der Waals surface area contributed by atoms with Crippen molar-refractivity contribution >= 4 is 42.9 Å². The van der Waals surface area contributed by atoms with Crippen molar-refractivity contribution in [3.8, 4) is 0 Å². The van der Waals surface area contributed by atoms with E-state index in [9.17, 15) is 9.59 Å². The van der Waals surface area contributed by atoms with Crippen molar-refractivity contribution in [3.63, 3.8) is 0 Å². The Balaban J connectivity index is 1.66. The largest absolute Gasteiger partial charge is 0.462 e. The summed E-state index contributed by atoms with van der Waals surface area (Å²) in [4.78, 5) is 45.8. The first-order chi connectivity index (χ1) is 31.5. The Morgan fingerprint density at radius 3 is 2.01 bits per heavy atom. The molecule has 0 N–H and O–H groups in total. The van der Waals surface area contributed by atoms with Gasteiger partial charge in [-0.15, -0.1) is 0 Å². The summed E-state index contributed by atoms with van der Waals surface area (Å²) in [7, 11) is -6.69. The number of carbonyl (C=O) groups excluding carboxylic acids is 3. The SMILES string of the molecule is CC[C@@H]1CCC[C@@H](O[Si](C(C)C)(C(C)C)C(C)C)[C@H](C)[C@@H](O[Si](CC)(CC)CC)C[C@@H]([C@H]2C=C[C@H]3C[C@H](O[Si](C)(C)C(C)(C)C)C[C@@H]3[C@H]2C(=O)N2C(=O)OC[C@@H]2Cc2ccccc2)CC(=O)O1. The minimum atomic E-state index is -2.32. The number of rotatable bonds is 17. The van der Waals surface area contributed by atoms with Crippen LogP contribution in [0.1, 0.15) is 154 Å². The first kappa shape index (κ1) is 55.8. The second-order valence-corrected chi connectivity index (χ2v) is 38.7. The van der Waals surface area contributed by atoms with Gasteiger partial charge < -0.3 is 22.8 Å². The maximum absolute atomic E-state index is 15.8. The van der Waals surface area contributed by atoms with Crippen LogP contribution in [0.2, 0.25) is 52.9 Å². The molecule has 1 saturated carbocycles. The number of imide groups is 1. The molecule has 12 heteroatoms. The molecule has 2 saturated heterocycles. The molecule has 0 unspecified atom stereocenters. The van der Waals surface area contributed by atoms with E-state index in [1.54, 1.807) is 0 Å². The summed E-state index contributed by atoms with van der Waals surface area (Å²) in [5, 5.41) is 0.0334. The fraction of sp³-hybridized carbons (Fsp3) is 0.800. The highest BCUT2D eigenvalue weighted by Crippen LogP contribution is 2.53. The van der Waals surface area contributed by atoms with Gasteiger partial charge >= 0.3 is 12.1 Å². The molecule has 0 spiro atoms. The van der Waals surface area contributed by atoms with Crippen LogP contribution in [0.4, 0.5) is 4.79 Å². The van der Waals surface area contributed by atoms with E-state index in [1.165, 1.54) is 4.90 Å². The van der Waals surface area contributed by atoms with Gasteiger partial charge in [0, 0.05) is 24.4 Å². The molecule has 11 atom stereocenters. The van der Waals surface area contributed by atoms with Crippen LogP contribution in [0.15, 0.2) is 42.5 Å². The summed E-state index contributed by atoms with van der Waals surface area (Å²) in [5.41, 5.74) is 2.34. The van der Waals surface area contributed by atoms with Gasteiger partial charge in [-0.2, -0.15) is 0 Å². The standard InChI is InChI=1S/C55H95NO8Si3/c1-17-45-27-24-28-49(64-67(37(5)6,38(7)8)39(9)10)40(11)50(63-66(18-2,19-3)20-4)33-43(34-51(57)61-45)47-30-29-42-32-46(62-65(15,16)55(12,13)14)35-48(42)52(47)53(58)56-44(36-60-54(56)59)31-41-25-22-21-23-26-41/h21-23,25-26,29-30,37-40,42-50,52H,17-20,24,27-28,31-36H2,1-16H3/t40-,42-,43+,44-,45+,46-,47+,48-,49+,50-,52-/m0/s1. The van der Waals surface area contributed by atoms with E-state index < -0.39 is 43.0 Å². The lowest BCUT2D eigenvalue weighted by Gasteiger charge is -2.48. The van der Waals surface area contributed by atoms with Crippen molar-refractivity contribution in [3.05, 3.63) is 48.0 Å². The molecule has 5 rings (SSSR count). The van der Waals surface area contributed by atoms with Crippen LogP contribution in [0, 0.1) is 35.5 Å². The fourth-order valence-corrected chi connectivity index (χ4v) is 22.8. The summed E-state index contributed by atoms with van der Waals surface area (Å²) in [6.45, 7) is 37.2. The molecule has 1 aromatic rings. The molecule has 67 heavy (non-hydrogen) atoms. The number of hydrogen-bond acceptors (Lipinski definition) is 8. The third-order valence-corrected chi connectivity index (χ3v) is 33.3. The van der Waals surface area contributed by atoms with Gasteiger partial charge in [-0.25, -0.2) is 9.69 Å². The molecule has 0 radical (unpaired) electrons. The summed E-state index contributed by atoms with van der Waals surface area (Å²) in [6.07, 6.45) is 9.79. The summed E-state index contributed by atoms with van der Waals surface area (Å²) >= 11 is 0. The Hall–Kier alpha value is -2.10. The fourth-order valence-electron chi connectivity index (χ4n) is 12.8. The Morgan fingerprint density at radius 1 is 0.821 bits per heavy atom. The van der Waals surface area contributed by atoms with Crippen LogP contribution in [0.5, 0.6) is 0 Å². The predicted molar refractivity (Wildman–Crippen MR) is 280 cm³/mol. The van der Waals surface area contributed by atoms with E-state index in [4.69, 9.17) is 22.8 Å². The van der Waals surface area contributed by atoms with Crippen LogP contribution in [-0.2, 0) is 38.8 Å². The molecular weight excluding hydrogens is 887 g/mol. The number of fused-ring (bicyclic) bond motifs is 1. The highest BCUT2D eigenvalue weighted by molar-refractivity contribution is 6.77. The number of esters is 1.